The van der Waals surface area contributed by atoms with Crippen LogP contribution in [-0.2, 0) is 4.74 Å². The van der Waals surface area contributed by atoms with Gasteiger partial charge >= 0.3 is 0 Å². The van der Waals surface area contributed by atoms with Gasteiger partial charge in [0, 0.05) is 5.56 Å². The molecule has 1 fully saturated rings. The Hall–Kier alpha value is -2.57. The predicted octanol–water partition coefficient (Wildman–Crippen LogP) is 2.89. The zero-order valence-electron chi connectivity index (χ0n) is 15.4. The monoisotopic (exact) mass is 357 g/mol. The van der Waals surface area contributed by atoms with Crippen molar-refractivity contribution < 1.29 is 23.7 Å². The highest BCUT2D eigenvalue weighted by Gasteiger charge is 2.32. The molecule has 1 saturated heterocycles. The molecule has 1 N–H and O–H groups in total. The SMILES string of the molecule is COc1cc(C(=O)C2COC(c3ccc(C)cc3)N2)cc(OC)c1OC. The van der Waals surface area contributed by atoms with E-state index in [1.54, 1.807) is 12.1 Å². The van der Waals surface area contributed by atoms with E-state index in [-0.39, 0.29) is 12.0 Å². The lowest BCUT2D eigenvalue weighted by molar-refractivity contribution is 0.0908. The average molecular weight is 357 g/mol. The van der Waals surface area contributed by atoms with Crippen LogP contribution in [0.4, 0.5) is 0 Å². The lowest BCUT2D eigenvalue weighted by atomic mass is 10.0. The van der Waals surface area contributed by atoms with Gasteiger partial charge in [0.1, 0.15) is 6.23 Å². The van der Waals surface area contributed by atoms with Gasteiger partial charge in [-0.05, 0) is 24.6 Å². The van der Waals surface area contributed by atoms with Crippen LogP contribution in [0.15, 0.2) is 36.4 Å². The molecule has 6 nitrogen and oxygen atoms in total. The summed E-state index contributed by atoms with van der Waals surface area (Å²) >= 11 is 0. The number of nitrogens with one attached hydrogen (secondary N) is 1. The molecule has 0 bridgehead atoms. The number of carbonyl (C=O) groups excluding carboxylic acids is 1. The molecule has 1 heterocycles. The largest absolute Gasteiger partial charge is 0.493 e. The van der Waals surface area contributed by atoms with Crippen molar-refractivity contribution in [2.45, 2.75) is 19.2 Å². The van der Waals surface area contributed by atoms with Crippen LogP contribution in [0.5, 0.6) is 17.2 Å². The number of benzene rings is 2. The number of hydrogen-bond acceptors (Lipinski definition) is 6. The number of carbonyl (C=O) groups is 1. The van der Waals surface area contributed by atoms with Gasteiger partial charge < -0.3 is 18.9 Å². The molecule has 0 radical (unpaired) electrons. The molecule has 0 amide bonds. The van der Waals surface area contributed by atoms with Gasteiger partial charge in [0.25, 0.3) is 0 Å². The molecular formula is C20H23NO5. The first-order valence-electron chi connectivity index (χ1n) is 8.35. The van der Waals surface area contributed by atoms with E-state index in [0.29, 0.717) is 29.4 Å². The van der Waals surface area contributed by atoms with E-state index < -0.39 is 6.04 Å². The maximum Gasteiger partial charge on any atom is 0.203 e. The lowest BCUT2D eigenvalue weighted by Gasteiger charge is -2.15. The standard InChI is InChI=1S/C20H23NO5/c1-12-5-7-13(8-6-12)20-21-15(11-26-20)18(22)14-9-16(23-2)19(25-4)17(10-14)24-3/h5-10,15,20-21H,11H2,1-4H3. The van der Waals surface area contributed by atoms with Gasteiger partial charge in [0.15, 0.2) is 17.3 Å². The second kappa shape index (κ2) is 7.76. The summed E-state index contributed by atoms with van der Waals surface area (Å²) in [5.41, 5.74) is 2.65. The second-order valence-electron chi connectivity index (χ2n) is 6.12. The number of ether oxygens (including phenoxy) is 4. The highest BCUT2D eigenvalue weighted by Crippen LogP contribution is 2.38. The van der Waals surface area contributed by atoms with Crippen LogP contribution in [0.25, 0.3) is 0 Å². The van der Waals surface area contributed by atoms with Crippen molar-refractivity contribution in [3.8, 4) is 17.2 Å². The number of Topliss-reactive ketones (excluding diaryl/α,β-unsaturated/α-hetero) is 1. The van der Waals surface area contributed by atoms with Crippen molar-refractivity contribution in [2.75, 3.05) is 27.9 Å². The third-order valence-corrected chi connectivity index (χ3v) is 4.43. The molecule has 1 aliphatic heterocycles. The van der Waals surface area contributed by atoms with Crippen molar-refractivity contribution in [3.05, 3.63) is 53.1 Å². The van der Waals surface area contributed by atoms with E-state index in [9.17, 15) is 4.79 Å². The van der Waals surface area contributed by atoms with Crippen LogP contribution >= 0.6 is 0 Å². The zero-order valence-corrected chi connectivity index (χ0v) is 15.4. The summed E-state index contributed by atoms with van der Waals surface area (Å²) in [4.78, 5) is 12.9. The summed E-state index contributed by atoms with van der Waals surface area (Å²) in [7, 11) is 4.58. The summed E-state index contributed by atoms with van der Waals surface area (Å²) in [6.45, 7) is 2.33. The number of hydrogen-bond donors (Lipinski definition) is 1. The van der Waals surface area contributed by atoms with Crippen LogP contribution < -0.4 is 19.5 Å². The Bertz CT molecular complexity index is 762. The average Bonchev–Trinajstić information content (AvgIpc) is 3.16. The Morgan fingerprint density at radius 3 is 2.19 bits per heavy atom. The molecule has 0 saturated carbocycles. The second-order valence-corrected chi connectivity index (χ2v) is 6.12. The molecule has 0 aromatic heterocycles. The molecule has 2 unspecified atom stereocenters. The van der Waals surface area contributed by atoms with Crippen LogP contribution in [0.2, 0.25) is 0 Å². The highest BCUT2D eigenvalue weighted by atomic mass is 16.5. The summed E-state index contributed by atoms with van der Waals surface area (Å²) in [6.07, 6.45) is -0.299. The van der Waals surface area contributed by atoms with Crippen LogP contribution in [0, 0.1) is 6.92 Å². The minimum absolute atomic E-state index is 0.0844. The molecule has 26 heavy (non-hydrogen) atoms. The molecule has 2 aromatic rings. The van der Waals surface area contributed by atoms with E-state index in [4.69, 9.17) is 18.9 Å². The van der Waals surface area contributed by atoms with Crippen molar-refractivity contribution in [3.63, 3.8) is 0 Å². The van der Waals surface area contributed by atoms with Gasteiger partial charge in [-0.1, -0.05) is 29.8 Å². The Labute approximate surface area is 153 Å². The topological polar surface area (TPSA) is 66.0 Å². The van der Waals surface area contributed by atoms with E-state index >= 15 is 0 Å². The van der Waals surface area contributed by atoms with E-state index in [0.717, 1.165) is 5.56 Å². The van der Waals surface area contributed by atoms with Crippen molar-refractivity contribution in [1.29, 1.82) is 0 Å². The zero-order chi connectivity index (χ0) is 18.7. The van der Waals surface area contributed by atoms with Gasteiger partial charge in [-0.2, -0.15) is 0 Å². The first-order chi connectivity index (χ1) is 12.6. The van der Waals surface area contributed by atoms with Crippen LogP contribution in [0.1, 0.15) is 27.7 Å². The number of ketones is 1. The maximum absolute atomic E-state index is 12.9. The Morgan fingerprint density at radius 2 is 1.65 bits per heavy atom. The molecule has 0 spiro atoms. The minimum Gasteiger partial charge on any atom is -0.493 e. The minimum atomic E-state index is -0.441. The summed E-state index contributed by atoms with van der Waals surface area (Å²) in [5, 5.41) is 3.24. The Kier molecular flexibility index (Phi) is 5.44. The number of rotatable bonds is 6. The fourth-order valence-electron chi connectivity index (χ4n) is 2.98. The van der Waals surface area contributed by atoms with Crippen LogP contribution in [-0.4, -0.2) is 39.8 Å². The summed E-state index contributed by atoms with van der Waals surface area (Å²) < 4.78 is 21.7. The van der Waals surface area contributed by atoms with Crippen LogP contribution in [0.3, 0.4) is 0 Å². The molecule has 2 atom stereocenters. The molecule has 1 aliphatic rings. The normalized spacial score (nSPS) is 19.2. The van der Waals surface area contributed by atoms with Gasteiger partial charge in [-0.3, -0.25) is 10.1 Å². The summed E-state index contributed by atoms with van der Waals surface area (Å²) in [5.74, 6) is 1.27. The third kappa shape index (κ3) is 3.52. The Morgan fingerprint density at radius 1 is 1.04 bits per heavy atom. The van der Waals surface area contributed by atoms with Crippen molar-refractivity contribution in [1.82, 2.24) is 5.32 Å². The fourth-order valence-corrected chi connectivity index (χ4v) is 2.98. The summed E-state index contributed by atoms with van der Waals surface area (Å²) in [6, 6.07) is 10.9. The lowest BCUT2D eigenvalue weighted by Crippen LogP contribution is -2.34. The third-order valence-electron chi connectivity index (χ3n) is 4.43. The van der Waals surface area contributed by atoms with Crippen molar-refractivity contribution in [2.24, 2.45) is 0 Å². The molecule has 2 aromatic carbocycles. The first-order valence-corrected chi connectivity index (χ1v) is 8.35. The van der Waals surface area contributed by atoms with Gasteiger partial charge in [0.2, 0.25) is 5.75 Å². The van der Waals surface area contributed by atoms with Gasteiger partial charge in [-0.15, -0.1) is 0 Å². The molecule has 0 aliphatic carbocycles. The quantitative estimate of drug-likeness (QED) is 0.802. The molecule has 3 rings (SSSR count). The predicted molar refractivity (Wildman–Crippen MR) is 97.2 cm³/mol. The van der Waals surface area contributed by atoms with E-state index in [1.807, 2.05) is 31.2 Å². The number of aryl methyl sites for hydroxylation is 1. The highest BCUT2D eigenvalue weighted by molar-refractivity contribution is 6.01. The first kappa shape index (κ1) is 18.2. The number of methoxy groups -OCH3 is 3. The van der Waals surface area contributed by atoms with E-state index in [1.165, 1.54) is 26.9 Å². The van der Waals surface area contributed by atoms with Gasteiger partial charge in [-0.25, -0.2) is 0 Å². The molecule has 138 valence electrons. The van der Waals surface area contributed by atoms with Gasteiger partial charge in [0.05, 0.1) is 34.0 Å². The fraction of sp³-hybridized carbons (Fsp3) is 0.350. The maximum atomic E-state index is 12.9. The Balaban J connectivity index is 1.80. The smallest absolute Gasteiger partial charge is 0.203 e. The molecule has 6 heteroatoms. The molecular weight excluding hydrogens is 334 g/mol. The van der Waals surface area contributed by atoms with E-state index in [2.05, 4.69) is 5.32 Å². The van der Waals surface area contributed by atoms with Crippen molar-refractivity contribution >= 4 is 5.78 Å².